The molecule has 18 heavy (non-hydrogen) atoms. The Kier molecular flexibility index (Phi) is 4.83. The lowest BCUT2D eigenvalue weighted by molar-refractivity contribution is 0.756. The van der Waals surface area contributed by atoms with Crippen LogP contribution >= 0.6 is 24.0 Å². The first kappa shape index (κ1) is 13.6. The smallest absolute Gasteiger partial charge is 0.124 e. The van der Waals surface area contributed by atoms with Gasteiger partial charge in [0.05, 0.1) is 5.69 Å². The lowest BCUT2D eigenvalue weighted by atomic mass is 10.2. The van der Waals surface area contributed by atoms with Crippen molar-refractivity contribution >= 4 is 34.7 Å². The summed E-state index contributed by atoms with van der Waals surface area (Å²) >= 11 is 7.08. The van der Waals surface area contributed by atoms with Crippen molar-refractivity contribution in [2.45, 2.75) is 37.5 Å². The number of aromatic nitrogens is 1. The minimum absolute atomic E-state index is 0.357. The molecular weight excluding hydrogens is 262 g/mol. The molecule has 0 radical (unpaired) electrons. The normalized spacial score (nSPS) is 22.9. The van der Waals surface area contributed by atoms with Gasteiger partial charge in [-0.1, -0.05) is 19.1 Å². The Bertz CT molecular complexity index is 422. The summed E-state index contributed by atoms with van der Waals surface area (Å²) in [6.45, 7) is 2.22. The van der Waals surface area contributed by atoms with Crippen LogP contribution in [-0.4, -0.2) is 27.0 Å². The molecule has 5 heteroatoms. The van der Waals surface area contributed by atoms with E-state index in [9.17, 15) is 0 Å². The topological polar surface area (TPSA) is 50.9 Å². The monoisotopic (exact) mass is 281 g/mol. The average molecular weight is 281 g/mol. The van der Waals surface area contributed by atoms with Gasteiger partial charge in [0.1, 0.15) is 10.7 Å². The number of thioether (sulfide) groups is 1. The van der Waals surface area contributed by atoms with Gasteiger partial charge >= 0.3 is 0 Å². The molecule has 1 aliphatic carbocycles. The maximum absolute atomic E-state index is 5.69. The molecule has 1 aliphatic rings. The Balaban J connectivity index is 2.00. The highest BCUT2D eigenvalue weighted by Crippen LogP contribution is 2.31. The molecule has 0 spiro atoms. The van der Waals surface area contributed by atoms with Crippen molar-refractivity contribution in [1.29, 1.82) is 0 Å². The summed E-state index contributed by atoms with van der Waals surface area (Å²) in [6, 6.07) is 4.44. The number of pyridine rings is 1. The highest BCUT2D eigenvalue weighted by Gasteiger charge is 2.25. The van der Waals surface area contributed by atoms with Crippen LogP contribution in [0.4, 0.5) is 5.69 Å². The van der Waals surface area contributed by atoms with Gasteiger partial charge in [-0.2, -0.15) is 11.8 Å². The molecule has 0 aliphatic heterocycles. The van der Waals surface area contributed by atoms with Crippen molar-refractivity contribution in [1.82, 2.24) is 4.98 Å². The van der Waals surface area contributed by atoms with Gasteiger partial charge in [-0.25, -0.2) is 0 Å². The molecule has 0 amide bonds. The highest BCUT2D eigenvalue weighted by atomic mass is 32.2. The highest BCUT2D eigenvalue weighted by molar-refractivity contribution is 7.99. The van der Waals surface area contributed by atoms with Gasteiger partial charge in [0.2, 0.25) is 0 Å². The lowest BCUT2D eigenvalue weighted by Gasteiger charge is -2.16. The molecule has 3 N–H and O–H groups in total. The summed E-state index contributed by atoms with van der Waals surface area (Å²) in [5, 5.41) is 4.33. The van der Waals surface area contributed by atoms with Crippen LogP contribution in [0.25, 0.3) is 0 Å². The van der Waals surface area contributed by atoms with Crippen LogP contribution in [0.3, 0.4) is 0 Å². The van der Waals surface area contributed by atoms with Crippen molar-refractivity contribution in [3.05, 3.63) is 24.0 Å². The van der Waals surface area contributed by atoms with E-state index < -0.39 is 0 Å². The predicted molar refractivity (Wildman–Crippen MR) is 83.3 cm³/mol. The van der Waals surface area contributed by atoms with E-state index in [2.05, 4.69) is 29.0 Å². The standard InChI is InChI=1S/C13H19N3S2/c1-2-18-10-6-5-9(8-10)16-11-4-3-7-15-12(11)13(14)17/h3-4,7,9-10,16H,2,5-6,8H2,1H3,(H2,14,17). The van der Waals surface area contributed by atoms with E-state index in [0.717, 1.165) is 10.9 Å². The van der Waals surface area contributed by atoms with Crippen molar-refractivity contribution in [3.63, 3.8) is 0 Å². The van der Waals surface area contributed by atoms with Crippen LogP contribution in [0, 0.1) is 0 Å². The van der Waals surface area contributed by atoms with Gasteiger partial charge in [0.15, 0.2) is 0 Å². The van der Waals surface area contributed by atoms with E-state index in [0.29, 0.717) is 16.7 Å². The number of nitrogens with zero attached hydrogens (tertiary/aromatic N) is 1. The molecule has 0 aromatic carbocycles. The van der Waals surface area contributed by atoms with Gasteiger partial charge in [0, 0.05) is 17.5 Å². The van der Waals surface area contributed by atoms with Crippen LogP contribution < -0.4 is 11.1 Å². The molecule has 1 saturated carbocycles. The molecule has 1 aromatic heterocycles. The Hall–Kier alpha value is -0.810. The van der Waals surface area contributed by atoms with Gasteiger partial charge < -0.3 is 11.1 Å². The largest absolute Gasteiger partial charge is 0.388 e. The van der Waals surface area contributed by atoms with E-state index >= 15 is 0 Å². The quantitative estimate of drug-likeness (QED) is 0.813. The first-order chi connectivity index (χ1) is 8.70. The molecule has 3 nitrogen and oxygen atoms in total. The maximum atomic E-state index is 5.69. The fraction of sp³-hybridized carbons (Fsp3) is 0.538. The predicted octanol–water partition coefficient (Wildman–Crippen LogP) is 2.80. The van der Waals surface area contributed by atoms with Crippen molar-refractivity contribution in [3.8, 4) is 0 Å². The lowest BCUT2D eigenvalue weighted by Crippen LogP contribution is -2.21. The van der Waals surface area contributed by atoms with E-state index in [4.69, 9.17) is 18.0 Å². The summed E-state index contributed by atoms with van der Waals surface area (Å²) in [4.78, 5) is 4.60. The molecule has 0 bridgehead atoms. The van der Waals surface area contributed by atoms with Crippen LogP contribution in [-0.2, 0) is 0 Å². The third-order valence-corrected chi connectivity index (χ3v) is 4.61. The van der Waals surface area contributed by atoms with Crippen molar-refractivity contribution < 1.29 is 0 Å². The van der Waals surface area contributed by atoms with E-state index in [1.807, 2.05) is 12.1 Å². The molecule has 2 unspecified atom stereocenters. The molecule has 98 valence electrons. The van der Waals surface area contributed by atoms with Crippen molar-refractivity contribution in [2.24, 2.45) is 5.73 Å². The average Bonchev–Trinajstić information content (AvgIpc) is 2.77. The third kappa shape index (κ3) is 3.36. The molecule has 1 heterocycles. The molecule has 2 rings (SSSR count). The zero-order chi connectivity index (χ0) is 13.0. The van der Waals surface area contributed by atoms with E-state index in [1.165, 1.54) is 25.0 Å². The van der Waals surface area contributed by atoms with Gasteiger partial charge in [-0.15, -0.1) is 0 Å². The Morgan fingerprint density at radius 2 is 2.44 bits per heavy atom. The van der Waals surface area contributed by atoms with E-state index in [1.54, 1.807) is 6.20 Å². The Morgan fingerprint density at radius 3 is 3.17 bits per heavy atom. The summed E-state index contributed by atoms with van der Waals surface area (Å²) in [5.41, 5.74) is 7.37. The molecule has 1 fully saturated rings. The minimum atomic E-state index is 0.357. The number of anilines is 1. The summed E-state index contributed by atoms with van der Waals surface area (Å²) < 4.78 is 0. The maximum Gasteiger partial charge on any atom is 0.124 e. The zero-order valence-electron chi connectivity index (χ0n) is 10.6. The second-order valence-electron chi connectivity index (χ2n) is 4.50. The second kappa shape index (κ2) is 6.38. The van der Waals surface area contributed by atoms with E-state index in [-0.39, 0.29) is 0 Å². The third-order valence-electron chi connectivity index (χ3n) is 3.19. The van der Waals surface area contributed by atoms with Crippen LogP contribution in [0.15, 0.2) is 18.3 Å². The number of nitrogens with one attached hydrogen (secondary N) is 1. The molecular formula is C13H19N3S2. The molecule has 2 atom stereocenters. The number of rotatable bonds is 5. The van der Waals surface area contributed by atoms with Crippen molar-refractivity contribution in [2.75, 3.05) is 11.1 Å². The Morgan fingerprint density at radius 1 is 1.61 bits per heavy atom. The van der Waals surface area contributed by atoms with Gasteiger partial charge in [-0.05, 0) is 37.1 Å². The number of thiocarbonyl (C=S) groups is 1. The first-order valence-electron chi connectivity index (χ1n) is 6.33. The first-order valence-corrected chi connectivity index (χ1v) is 7.79. The summed E-state index contributed by atoms with van der Waals surface area (Å²) in [5.74, 6) is 1.20. The fourth-order valence-electron chi connectivity index (χ4n) is 2.40. The summed E-state index contributed by atoms with van der Waals surface area (Å²) in [6.07, 6.45) is 5.44. The molecule has 0 saturated heterocycles. The number of nitrogens with two attached hydrogens (primary N) is 1. The van der Waals surface area contributed by atoms with Gasteiger partial charge in [0.25, 0.3) is 0 Å². The Labute approximate surface area is 118 Å². The fourth-order valence-corrected chi connectivity index (χ4v) is 3.70. The van der Waals surface area contributed by atoms with Crippen LogP contribution in [0.1, 0.15) is 31.9 Å². The number of hydrogen-bond acceptors (Lipinski definition) is 4. The van der Waals surface area contributed by atoms with Gasteiger partial charge in [-0.3, -0.25) is 4.98 Å². The SMILES string of the molecule is CCSC1CCC(Nc2cccnc2C(N)=S)C1. The summed E-state index contributed by atoms with van der Waals surface area (Å²) in [7, 11) is 0. The minimum Gasteiger partial charge on any atom is -0.388 e. The second-order valence-corrected chi connectivity index (χ2v) is 6.51. The number of hydrogen-bond donors (Lipinski definition) is 2. The van der Waals surface area contributed by atoms with Crippen LogP contribution in [0.2, 0.25) is 0 Å². The molecule has 1 aromatic rings. The van der Waals surface area contributed by atoms with Crippen LogP contribution in [0.5, 0.6) is 0 Å². The zero-order valence-corrected chi connectivity index (χ0v) is 12.2.